The van der Waals surface area contributed by atoms with Gasteiger partial charge in [-0.2, -0.15) is 11.8 Å². The van der Waals surface area contributed by atoms with E-state index in [2.05, 4.69) is 10.6 Å². The molecule has 2 aliphatic rings. The standard InChI is InChI=1S/C26H29N3O7S/c1-37-8-6-24(31)29-13-21-22(14-29)35-15-16-3-2-4-19(9-16)36-20-11-17(10-18(12-20)26(33)34)25(32)27-7-5-23(30)28-21/h2-4,9-12,21-22H,5-8,13-15H2,1H3,(H,27,32)(H,28,30)(H,33,34)/t21-,22-/m0/s1. The summed E-state index contributed by atoms with van der Waals surface area (Å²) < 4.78 is 12.1. The van der Waals surface area contributed by atoms with E-state index in [1.807, 2.05) is 12.3 Å². The first-order valence-corrected chi connectivity index (χ1v) is 13.3. The highest BCUT2D eigenvalue weighted by Crippen LogP contribution is 2.26. The van der Waals surface area contributed by atoms with Gasteiger partial charge in [-0.3, -0.25) is 14.4 Å². The Bertz CT molecular complexity index is 1190. The van der Waals surface area contributed by atoms with Gasteiger partial charge in [0.15, 0.2) is 0 Å². The van der Waals surface area contributed by atoms with E-state index in [4.69, 9.17) is 9.47 Å². The molecule has 0 spiro atoms. The Hall–Kier alpha value is -3.57. The van der Waals surface area contributed by atoms with Crippen molar-refractivity contribution in [1.82, 2.24) is 15.5 Å². The monoisotopic (exact) mass is 527 g/mol. The number of aromatic carboxylic acids is 1. The zero-order valence-corrected chi connectivity index (χ0v) is 21.2. The number of likely N-dealkylation sites (tertiary alicyclic amines) is 1. The largest absolute Gasteiger partial charge is 0.478 e. The van der Waals surface area contributed by atoms with Gasteiger partial charge in [0.2, 0.25) is 11.8 Å². The van der Waals surface area contributed by atoms with Gasteiger partial charge in [0.05, 0.1) is 24.3 Å². The number of amides is 3. The van der Waals surface area contributed by atoms with Crippen molar-refractivity contribution in [1.29, 1.82) is 0 Å². The van der Waals surface area contributed by atoms with Crippen molar-refractivity contribution in [2.75, 3.05) is 31.6 Å². The Morgan fingerprint density at radius 1 is 1.14 bits per heavy atom. The number of thioether (sulfide) groups is 1. The van der Waals surface area contributed by atoms with Crippen LogP contribution in [-0.4, -0.2) is 77.5 Å². The minimum absolute atomic E-state index is 0.0120. The Kier molecular flexibility index (Phi) is 8.67. The molecule has 2 atom stereocenters. The van der Waals surface area contributed by atoms with Gasteiger partial charge in [0, 0.05) is 43.8 Å². The number of nitrogens with zero attached hydrogens (tertiary/aromatic N) is 1. The summed E-state index contributed by atoms with van der Waals surface area (Å²) in [4.78, 5) is 51.3. The molecule has 0 aromatic heterocycles. The van der Waals surface area contributed by atoms with Gasteiger partial charge in [0.1, 0.15) is 11.5 Å². The first-order chi connectivity index (χ1) is 17.8. The third kappa shape index (κ3) is 7.01. The number of carboxylic acids is 1. The second-order valence-corrected chi connectivity index (χ2v) is 9.86. The van der Waals surface area contributed by atoms with Crippen molar-refractivity contribution >= 4 is 35.5 Å². The summed E-state index contributed by atoms with van der Waals surface area (Å²) in [6.07, 6.45) is 1.98. The third-order valence-corrected chi connectivity index (χ3v) is 6.75. The summed E-state index contributed by atoms with van der Waals surface area (Å²) in [7, 11) is 0. The summed E-state index contributed by atoms with van der Waals surface area (Å²) in [5.74, 6) is -0.616. The molecule has 0 radical (unpaired) electrons. The van der Waals surface area contributed by atoms with Crippen LogP contribution in [0.2, 0.25) is 0 Å². The van der Waals surface area contributed by atoms with E-state index in [0.29, 0.717) is 25.3 Å². The van der Waals surface area contributed by atoms with Crippen molar-refractivity contribution in [2.24, 2.45) is 0 Å². The fraction of sp³-hybridized carbons (Fsp3) is 0.385. The maximum absolute atomic E-state index is 12.7. The molecule has 3 N–H and O–H groups in total. The predicted molar refractivity (Wildman–Crippen MR) is 137 cm³/mol. The van der Waals surface area contributed by atoms with Crippen LogP contribution in [0.1, 0.15) is 39.1 Å². The summed E-state index contributed by atoms with van der Waals surface area (Å²) in [5, 5.41) is 15.1. The maximum Gasteiger partial charge on any atom is 0.335 e. The Balaban J connectivity index is 1.58. The van der Waals surface area contributed by atoms with Crippen LogP contribution >= 0.6 is 11.8 Å². The van der Waals surface area contributed by atoms with Crippen molar-refractivity contribution in [3.63, 3.8) is 0 Å². The predicted octanol–water partition coefficient (Wildman–Crippen LogP) is 2.28. The second kappa shape index (κ2) is 12.1. The molecule has 0 unspecified atom stereocenters. The molecular weight excluding hydrogens is 498 g/mol. The molecule has 10 nitrogen and oxygen atoms in total. The number of benzene rings is 2. The van der Waals surface area contributed by atoms with Crippen LogP contribution in [-0.2, 0) is 20.9 Å². The van der Waals surface area contributed by atoms with Crippen LogP contribution in [0.15, 0.2) is 42.5 Å². The number of nitrogens with one attached hydrogen (secondary N) is 2. The molecule has 4 rings (SSSR count). The number of hydrogen-bond donors (Lipinski definition) is 3. The zero-order valence-electron chi connectivity index (χ0n) is 20.4. The van der Waals surface area contributed by atoms with E-state index in [1.165, 1.54) is 18.2 Å². The Morgan fingerprint density at radius 2 is 1.97 bits per heavy atom. The molecule has 196 valence electrons. The minimum atomic E-state index is -1.19. The average Bonchev–Trinajstić information content (AvgIpc) is 3.28. The number of carbonyl (C=O) groups excluding carboxylic acids is 3. The summed E-state index contributed by atoms with van der Waals surface area (Å²) in [6, 6.07) is 10.8. The molecule has 2 aromatic rings. The quantitative estimate of drug-likeness (QED) is 0.551. The fourth-order valence-electron chi connectivity index (χ4n) is 4.25. The van der Waals surface area contributed by atoms with Crippen LogP contribution in [0.5, 0.6) is 11.5 Å². The third-order valence-electron chi connectivity index (χ3n) is 6.14. The second-order valence-electron chi connectivity index (χ2n) is 8.87. The van der Waals surface area contributed by atoms with Gasteiger partial charge >= 0.3 is 5.97 Å². The number of carboxylic acid groups (broad SMARTS) is 1. The fourth-order valence-corrected chi connectivity index (χ4v) is 4.63. The van der Waals surface area contributed by atoms with Crippen molar-refractivity contribution in [3.05, 3.63) is 59.2 Å². The van der Waals surface area contributed by atoms with Crippen LogP contribution in [0, 0.1) is 0 Å². The highest BCUT2D eigenvalue weighted by atomic mass is 32.2. The normalized spacial score (nSPS) is 20.2. The molecule has 0 saturated carbocycles. The molecule has 2 heterocycles. The topological polar surface area (TPSA) is 134 Å². The van der Waals surface area contributed by atoms with Crippen molar-refractivity contribution in [2.45, 2.75) is 31.6 Å². The first kappa shape index (κ1) is 26.5. The van der Waals surface area contributed by atoms with Gasteiger partial charge in [-0.05, 0) is 42.2 Å². The van der Waals surface area contributed by atoms with Gasteiger partial charge in [-0.15, -0.1) is 0 Å². The molecule has 4 bridgehead atoms. The van der Waals surface area contributed by atoms with E-state index in [1.54, 1.807) is 34.9 Å². The molecule has 37 heavy (non-hydrogen) atoms. The molecule has 1 saturated heterocycles. The molecule has 11 heteroatoms. The van der Waals surface area contributed by atoms with Gasteiger partial charge in [0.25, 0.3) is 5.91 Å². The zero-order chi connectivity index (χ0) is 26.4. The smallest absolute Gasteiger partial charge is 0.335 e. The molecule has 2 aliphatic heterocycles. The van der Waals surface area contributed by atoms with E-state index >= 15 is 0 Å². The minimum Gasteiger partial charge on any atom is -0.478 e. The van der Waals surface area contributed by atoms with E-state index in [9.17, 15) is 24.3 Å². The maximum atomic E-state index is 12.7. The number of hydrogen-bond acceptors (Lipinski definition) is 7. The molecule has 3 amide bonds. The lowest BCUT2D eigenvalue weighted by atomic mass is 10.1. The van der Waals surface area contributed by atoms with Gasteiger partial charge in [-0.25, -0.2) is 4.79 Å². The highest BCUT2D eigenvalue weighted by molar-refractivity contribution is 7.98. The molecule has 2 aromatic carbocycles. The summed E-state index contributed by atoms with van der Waals surface area (Å²) in [6.45, 7) is 0.993. The number of rotatable bonds is 4. The summed E-state index contributed by atoms with van der Waals surface area (Å²) >= 11 is 1.60. The Labute approximate surface area is 218 Å². The van der Waals surface area contributed by atoms with Gasteiger partial charge in [-0.1, -0.05) is 12.1 Å². The molecule has 0 aliphatic carbocycles. The van der Waals surface area contributed by atoms with Crippen LogP contribution in [0.25, 0.3) is 0 Å². The lowest BCUT2D eigenvalue weighted by Gasteiger charge is -2.20. The number of ether oxygens (including phenoxy) is 2. The molecule has 1 fully saturated rings. The van der Waals surface area contributed by atoms with Crippen LogP contribution in [0.4, 0.5) is 0 Å². The lowest BCUT2D eigenvalue weighted by Crippen LogP contribution is -2.45. The summed E-state index contributed by atoms with van der Waals surface area (Å²) in [5.41, 5.74) is 0.808. The van der Waals surface area contributed by atoms with Crippen LogP contribution < -0.4 is 15.4 Å². The number of fused-ring (bicyclic) bond motifs is 5. The van der Waals surface area contributed by atoms with Crippen LogP contribution in [0.3, 0.4) is 0 Å². The SMILES string of the molecule is CSCCC(=O)N1C[C@@H]2NC(=O)CCNC(=O)c3cc(cc(C(=O)O)c3)Oc3cccc(c3)CO[C@H]2C1. The molecular formula is C26H29N3O7S. The van der Waals surface area contributed by atoms with E-state index in [-0.39, 0.29) is 54.3 Å². The van der Waals surface area contributed by atoms with Crippen molar-refractivity contribution in [3.8, 4) is 11.5 Å². The first-order valence-electron chi connectivity index (χ1n) is 11.9. The van der Waals surface area contributed by atoms with Crippen molar-refractivity contribution < 1.29 is 33.8 Å². The van der Waals surface area contributed by atoms with E-state index in [0.717, 1.165) is 11.3 Å². The lowest BCUT2D eigenvalue weighted by molar-refractivity contribution is -0.130. The number of carbonyl (C=O) groups is 4. The highest BCUT2D eigenvalue weighted by Gasteiger charge is 2.36. The Morgan fingerprint density at radius 3 is 2.76 bits per heavy atom. The average molecular weight is 528 g/mol. The van der Waals surface area contributed by atoms with Gasteiger partial charge < -0.3 is 30.1 Å². The van der Waals surface area contributed by atoms with E-state index < -0.39 is 18.0 Å².